The quantitative estimate of drug-likeness (QED) is 0.940. The molecule has 1 aromatic carbocycles. The molecule has 2 heterocycles. The lowest BCUT2D eigenvalue weighted by atomic mass is 10.1. The molecule has 1 aromatic heterocycles. The van der Waals surface area contributed by atoms with Crippen LogP contribution in [0.2, 0.25) is 0 Å². The number of carbonyl (C=O) groups is 1. The summed E-state index contributed by atoms with van der Waals surface area (Å²) in [5, 5.41) is 4.73. The zero-order chi connectivity index (χ0) is 13.8. The maximum Gasteiger partial charge on any atom is 0.275 e. The van der Waals surface area contributed by atoms with Crippen LogP contribution in [-0.2, 0) is 6.54 Å². The maximum atomic E-state index is 12.1. The predicted molar refractivity (Wildman–Crippen MR) is 81.0 cm³/mol. The van der Waals surface area contributed by atoms with Crippen LogP contribution in [0.5, 0.6) is 0 Å². The lowest BCUT2D eigenvalue weighted by Gasteiger charge is -2.17. The summed E-state index contributed by atoms with van der Waals surface area (Å²) < 4.78 is 0. The SMILES string of the molecule is O=C(Nc1ccccc1CN1CCCC1)c1cscn1. The van der Waals surface area contributed by atoms with E-state index in [2.05, 4.69) is 21.3 Å². The molecule has 0 atom stereocenters. The average Bonchev–Trinajstić information content (AvgIpc) is 3.13. The third-order valence-electron chi connectivity index (χ3n) is 3.52. The molecule has 0 unspecified atom stereocenters. The Hall–Kier alpha value is -1.72. The van der Waals surface area contributed by atoms with Crippen LogP contribution in [0.4, 0.5) is 5.69 Å². The van der Waals surface area contributed by atoms with Gasteiger partial charge in [-0.15, -0.1) is 11.3 Å². The topological polar surface area (TPSA) is 45.2 Å². The van der Waals surface area contributed by atoms with E-state index in [9.17, 15) is 4.79 Å². The molecule has 1 amide bonds. The first kappa shape index (κ1) is 13.3. The second-order valence-corrected chi connectivity index (χ2v) is 5.69. The van der Waals surface area contributed by atoms with E-state index in [1.54, 1.807) is 10.9 Å². The Kier molecular flexibility index (Phi) is 4.08. The number of hydrogen-bond donors (Lipinski definition) is 1. The fraction of sp³-hybridized carbons (Fsp3) is 0.333. The van der Waals surface area contributed by atoms with Gasteiger partial charge in [-0.1, -0.05) is 18.2 Å². The van der Waals surface area contributed by atoms with E-state index in [0.717, 1.165) is 30.9 Å². The van der Waals surface area contributed by atoms with Crippen molar-refractivity contribution in [1.82, 2.24) is 9.88 Å². The van der Waals surface area contributed by atoms with Gasteiger partial charge in [0.15, 0.2) is 0 Å². The lowest BCUT2D eigenvalue weighted by Crippen LogP contribution is -2.20. The van der Waals surface area contributed by atoms with Crippen molar-refractivity contribution in [3.05, 3.63) is 46.4 Å². The Labute approximate surface area is 122 Å². The molecular weight excluding hydrogens is 270 g/mol. The van der Waals surface area contributed by atoms with Crippen molar-refractivity contribution in [2.45, 2.75) is 19.4 Å². The van der Waals surface area contributed by atoms with Gasteiger partial charge in [0, 0.05) is 17.6 Å². The van der Waals surface area contributed by atoms with Crippen LogP contribution in [-0.4, -0.2) is 28.9 Å². The van der Waals surface area contributed by atoms with Gasteiger partial charge in [-0.3, -0.25) is 9.69 Å². The molecule has 2 aromatic rings. The van der Waals surface area contributed by atoms with Gasteiger partial charge in [-0.25, -0.2) is 4.98 Å². The highest BCUT2D eigenvalue weighted by Gasteiger charge is 2.15. The number of carbonyl (C=O) groups excluding carboxylic acids is 1. The summed E-state index contributed by atoms with van der Waals surface area (Å²) in [4.78, 5) is 18.5. The highest BCUT2D eigenvalue weighted by Crippen LogP contribution is 2.20. The Morgan fingerprint density at radius 2 is 2.10 bits per heavy atom. The molecule has 0 radical (unpaired) electrons. The minimum absolute atomic E-state index is 0.139. The van der Waals surface area contributed by atoms with Gasteiger partial charge in [0.2, 0.25) is 0 Å². The van der Waals surface area contributed by atoms with Gasteiger partial charge in [-0.05, 0) is 37.6 Å². The summed E-state index contributed by atoms with van der Waals surface area (Å²) >= 11 is 1.43. The van der Waals surface area contributed by atoms with Gasteiger partial charge in [0.05, 0.1) is 5.51 Å². The second-order valence-electron chi connectivity index (χ2n) is 4.97. The first-order chi connectivity index (χ1) is 9.83. The summed E-state index contributed by atoms with van der Waals surface area (Å²) in [5.74, 6) is -0.139. The second kappa shape index (κ2) is 6.15. The fourth-order valence-corrected chi connectivity index (χ4v) is 3.00. The van der Waals surface area contributed by atoms with E-state index >= 15 is 0 Å². The van der Waals surface area contributed by atoms with E-state index in [-0.39, 0.29) is 5.91 Å². The van der Waals surface area contributed by atoms with Crippen LogP contribution in [0.3, 0.4) is 0 Å². The number of anilines is 1. The molecule has 3 rings (SSSR count). The minimum Gasteiger partial charge on any atom is -0.320 e. The molecule has 0 aliphatic carbocycles. The van der Waals surface area contributed by atoms with Crippen molar-refractivity contribution in [2.75, 3.05) is 18.4 Å². The summed E-state index contributed by atoms with van der Waals surface area (Å²) in [6, 6.07) is 8.00. The Morgan fingerprint density at radius 3 is 2.85 bits per heavy atom. The van der Waals surface area contributed by atoms with Crippen LogP contribution in [0.1, 0.15) is 28.9 Å². The molecule has 1 N–H and O–H groups in total. The number of nitrogens with one attached hydrogen (secondary N) is 1. The molecule has 5 heteroatoms. The number of thiazole rings is 1. The van der Waals surface area contributed by atoms with Gasteiger partial charge >= 0.3 is 0 Å². The van der Waals surface area contributed by atoms with Crippen molar-refractivity contribution in [1.29, 1.82) is 0 Å². The van der Waals surface area contributed by atoms with Crippen molar-refractivity contribution in [2.24, 2.45) is 0 Å². The zero-order valence-electron chi connectivity index (χ0n) is 11.2. The molecule has 20 heavy (non-hydrogen) atoms. The maximum absolute atomic E-state index is 12.1. The Bertz CT molecular complexity index is 577. The molecule has 4 nitrogen and oxygen atoms in total. The number of nitrogens with zero attached hydrogens (tertiary/aromatic N) is 2. The number of rotatable bonds is 4. The van der Waals surface area contributed by atoms with Crippen LogP contribution in [0, 0.1) is 0 Å². The standard InChI is InChI=1S/C15H17N3OS/c19-15(14-10-20-11-16-14)17-13-6-2-1-5-12(13)9-18-7-3-4-8-18/h1-2,5-6,10-11H,3-4,7-9H2,(H,17,19). The van der Waals surface area contributed by atoms with E-state index < -0.39 is 0 Å². The van der Waals surface area contributed by atoms with Gasteiger partial charge < -0.3 is 5.32 Å². The molecule has 0 bridgehead atoms. The number of para-hydroxylation sites is 1. The van der Waals surface area contributed by atoms with E-state index in [1.165, 1.54) is 24.2 Å². The van der Waals surface area contributed by atoms with Crippen LogP contribution >= 0.6 is 11.3 Å². The number of likely N-dealkylation sites (tertiary alicyclic amines) is 1. The molecule has 104 valence electrons. The highest BCUT2D eigenvalue weighted by molar-refractivity contribution is 7.07. The van der Waals surface area contributed by atoms with Crippen molar-refractivity contribution in [3.8, 4) is 0 Å². The third-order valence-corrected chi connectivity index (χ3v) is 4.11. The summed E-state index contributed by atoms with van der Waals surface area (Å²) in [6.07, 6.45) is 2.54. The van der Waals surface area contributed by atoms with E-state index in [1.807, 2.05) is 18.2 Å². The third kappa shape index (κ3) is 3.05. The van der Waals surface area contributed by atoms with Crippen LogP contribution in [0.25, 0.3) is 0 Å². The van der Waals surface area contributed by atoms with Gasteiger partial charge in [0.1, 0.15) is 5.69 Å². The number of benzene rings is 1. The summed E-state index contributed by atoms with van der Waals surface area (Å²) in [5.41, 5.74) is 4.20. The predicted octanol–water partition coefficient (Wildman–Crippen LogP) is 2.99. The fourth-order valence-electron chi connectivity index (χ4n) is 2.47. The van der Waals surface area contributed by atoms with Gasteiger partial charge in [-0.2, -0.15) is 0 Å². The lowest BCUT2D eigenvalue weighted by molar-refractivity contribution is 0.102. The van der Waals surface area contributed by atoms with Gasteiger partial charge in [0.25, 0.3) is 5.91 Å². The first-order valence-corrected chi connectivity index (χ1v) is 7.77. The van der Waals surface area contributed by atoms with Crippen molar-refractivity contribution >= 4 is 22.9 Å². The van der Waals surface area contributed by atoms with E-state index in [4.69, 9.17) is 0 Å². The minimum atomic E-state index is -0.139. The number of aromatic nitrogens is 1. The molecule has 0 spiro atoms. The number of amides is 1. The number of hydrogen-bond acceptors (Lipinski definition) is 4. The van der Waals surface area contributed by atoms with Crippen molar-refractivity contribution < 1.29 is 4.79 Å². The molecule has 1 fully saturated rings. The van der Waals surface area contributed by atoms with Crippen LogP contribution < -0.4 is 5.32 Å². The molecule has 1 aliphatic heterocycles. The summed E-state index contributed by atoms with van der Waals surface area (Å²) in [7, 11) is 0. The molecule has 1 saturated heterocycles. The normalized spacial score (nSPS) is 15.4. The van der Waals surface area contributed by atoms with Crippen LogP contribution in [0.15, 0.2) is 35.2 Å². The monoisotopic (exact) mass is 287 g/mol. The zero-order valence-corrected chi connectivity index (χ0v) is 12.0. The van der Waals surface area contributed by atoms with E-state index in [0.29, 0.717) is 5.69 Å². The summed E-state index contributed by atoms with van der Waals surface area (Å²) in [6.45, 7) is 3.19. The average molecular weight is 287 g/mol. The Balaban J connectivity index is 1.73. The smallest absolute Gasteiger partial charge is 0.275 e. The Morgan fingerprint density at radius 1 is 1.30 bits per heavy atom. The first-order valence-electron chi connectivity index (χ1n) is 6.83. The highest BCUT2D eigenvalue weighted by atomic mass is 32.1. The molecular formula is C15H17N3OS. The molecule has 1 aliphatic rings. The molecule has 0 saturated carbocycles. The van der Waals surface area contributed by atoms with Crippen molar-refractivity contribution in [3.63, 3.8) is 0 Å². The largest absolute Gasteiger partial charge is 0.320 e.